The third-order valence-electron chi connectivity index (χ3n) is 4.90. The predicted octanol–water partition coefficient (Wildman–Crippen LogP) is 8.19. The third kappa shape index (κ3) is 4.02. The van der Waals surface area contributed by atoms with E-state index in [0.29, 0.717) is 0 Å². The van der Waals surface area contributed by atoms with Gasteiger partial charge in [0.1, 0.15) is 0 Å². The molecule has 0 radical (unpaired) electrons. The van der Waals surface area contributed by atoms with Crippen LogP contribution in [0.5, 0.6) is 0 Å². The second kappa shape index (κ2) is 7.51. The summed E-state index contributed by atoms with van der Waals surface area (Å²) in [6, 6.07) is 31.2. The molecule has 0 nitrogen and oxygen atoms in total. The Kier molecular flexibility index (Phi) is 4.92. The first-order valence-electron chi connectivity index (χ1n) is 9.32. The van der Waals surface area contributed by atoms with E-state index >= 15 is 0 Å². The van der Waals surface area contributed by atoms with Crippen LogP contribution in [0.3, 0.4) is 0 Å². The third-order valence-corrected chi connectivity index (χ3v) is 6.16. The van der Waals surface area contributed by atoms with Gasteiger partial charge in [-0.15, -0.1) is 0 Å². The van der Waals surface area contributed by atoms with Gasteiger partial charge in [0.15, 0.2) is 0 Å². The number of rotatable bonds is 3. The van der Waals surface area contributed by atoms with Crippen LogP contribution in [0.1, 0.15) is 16.7 Å². The highest BCUT2D eigenvalue weighted by molar-refractivity contribution is 7.37. The minimum Gasteiger partial charge on any atom is -0.0591 e. The average molecular weight is 366 g/mol. The molecular formula is C26H23P. The molecule has 0 saturated carbocycles. The van der Waals surface area contributed by atoms with Crippen molar-refractivity contribution in [2.75, 3.05) is 0 Å². The second-order valence-electron chi connectivity index (χ2n) is 7.22. The van der Waals surface area contributed by atoms with E-state index in [1.807, 2.05) is 0 Å². The molecule has 0 aliphatic heterocycles. The Hall–Kier alpha value is -2.69. The van der Waals surface area contributed by atoms with Gasteiger partial charge >= 0.3 is 0 Å². The standard InChI is InChI=1S/C26H23P/c1-18-4-10-21(11-5-18)24-16-25(22-12-6-19(2)7-13-22)27-26(17-24)23-14-8-20(3)9-15-23/h4-17H,1-3H3. The number of benzene rings is 3. The lowest BCUT2D eigenvalue weighted by atomic mass is 10.0. The zero-order valence-corrected chi connectivity index (χ0v) is 16.9. The van der Waals surface area contributed by atoms with Gasteiger partial charge in [0, 0.05) is 10.6 Å². The molecule has 27 heavy (non-hydrogen) atoms. The Morgan fingerprint density at radius 2 is 0.741 bits per heavy atom. The highest BCUT2D eigenvalue weighted by atomic mass is 31.0. The van der Waals surface area contributed by atoms with Crippen LogP contribution < -0.4 is 0 Å². The number of hydrogen-bond donors (Lipinski definition) is 0. The minimum atomic E-state index is 1.26. The van der Waals surface area contributed by atoms with Crippen LogP contribution in [-0.2, 0) is 0 Å². The van der Waals surface area contributed by atoms with Gasteiger partial charge in [-0.2, -0.15) is 0 Å². The van der Waals surface area contributed by atoms with Crippen LogP contribution in [-0.4, -0.2) is 0 Å². The summed E-state index contributed by atoms with van der Waals surface area (Å²) in [6.07, 6.45) is 0. The SMILES string of the molecule is Cc1ccc(-c2cc(-c3ccc(C)cc3)pc(-c3ccc(C)cc3)c2)cc1. The van der Waals surface area contributed by atoms with E-state index in [1.54, 1.807) is 0 Å². The molecule has 0 fully saturated rings. The summed E-state index contributed by atoms with van der Waals surface area (Å²) < 4.78 is 0. The van der Waals surface area contributed by atoms with Crippen molar-refractivity contribution in [3.05, 3.63) is 102 Å². The fraction of sp³-hybridized carbons (Fsp3) is 0.115. The van der Waals surface area contributed by atoms with Gasteiger partial charge in [0.2, 0.25) is 0 Å². The molecule has 3 aromatic carbocycles. The van der Waals surface area contributed by atoms with E-state index in [1.165, 1.54) is 57.7 Å². The summed E-state index contributed by atoms with van der Waals surface area (Å²) in [7, 11) is 1.26. The van der Waals surface area contributed by atoms with Crippen molar-refractivity contribution >= 4 is 8.19 Å². The quantitative estimate of drug-likeness (QED) is 0.343. The van der Waals surface area contributed by atoms with Gasteiger partial charge in [0.05, 0.1) is 0 Å². The number of hydrogen-bond acceptors (Lipinski definition) is 0. The maximum absolute atomic E-state index is 2.34. The van der Waals surface area contributed by atoms with Crippen LogP contribution in [0.15, 0.2) is 84.9 Å². The van der Waals surface area contributed by atoms with Gasteiger partial charge in [-0.05, 0) is 55.2 Å². The van der Waals surface area contributed by atoms with E-state index in [0.717, 1.165) is 0 Å². The highest BCUT2D eigenvalue weighted by Crippen LogP contribution is 2.41. The lowest BCUT2D eigenvalue weighted by Crippen LogP contribution is -1.83. The zero-order valence-electron chi connectivity index (χ0n) is 16.0. The Labute approximate surface area is 163 Å². The largest absolute Gasteiger partial charge is 0.0591 e. The molecule has 0 bridgehead atoms. The van der Waals surface area contributed by atoms with E-state index < -0.39 is 0 Å². The van der Waals surface area contributed by atoms with Gasteiger partial charge in [-0.3, -0.25) is 0 Å². The summed E-state index contributed by atoms with van der Waals surface area (Å²) in [4.78, 5) is 0. The minimum absolute atomic E-state index is 1.26. The fourth-order valence-electron chi connectivity index (χ4n) is 3.19. The normalized spacial score (nSPS) is 10.8. The lowest BCUT2D eigenvalue weighted by molar-refractivity contribution is 1.46. The predicted molar refractivity (Wildman–Crippen MR) is 119 cm³/mol. The monoisotopic (exact) mass is 366 g/mol. The van der Waals surface area contributed by atoms with Crippen LogP contribution in [0.25, 0.3) is 32.8 Å². The molecule has 0 aliphatic carbocycles. The fourth-order valence-corrected chi connectivity index (χ4v) is 4.41. The molecule has 132 valence electrons. The smallest absolute Gasteiger partial charge is 0.0102 e. The topological polar surface area (TPSA) is 0 Å². The van der Waals surface area contributed by atoms with Crippen molar-refractivity contribution in [3.8, 4) is 32.8 Å². The number of aryl methyl sites for hydroxylation is 3. The zero-order chi connectivity index (χ0) is 18.8. The Bertz CT molecular complexity index is 903. The molecule has 0 aliphatic rings. The average Bonchev–Trinajstić information content (AvgIpc) is 2.69. The van der Waals surface area contributed by atoms with Gasteiger partial charge in [-0.25, -0.2) is 0 Å². The first-order valence-corrected chi connectivity index (χ1v) is 10.2. The molecule has 0 atom stereocenters. The Morgan fingerprint density at radius 1 is 0.407 bits per heavy atom. The molecule has 4 rings (SSSR count). The van der Waals surface area contributed by atoms with E-state index in [2.05, 4.69) is 106 Å². The van der Waals surface area contributed by atoms with Gasteiger partial charge in [-0.1, -0.05) is 97.7 Å². The van der Waals surface area contributed by atoms with Crippen molar-refractivity contribution < 1.29 is 0 Å². The first-order chi connectivity index (χ1) is 13.1. The maximum atomic E-state index is 2.34. The molecule has 0 spiro atoms. The molecule has 1 aromatic heterocycles. The molecule has 1 heterocycles. The van der Waals surface area contributed by atoms with Crippen LogP contribution in [0.4, 0.5) is 0 Å². The molecule has 0 amide bonds. The van der Waals surface area contributed by atoms with Crippen LogP contribution >= 0.6 is 8.19 Å². The molecule has 1 heteroatoms. The van der Waals surface area contributed by atoms with Crippen LogP contribution in [0, 0.1) is 20.8 Å². The summed E-state index contributed by atoms with van der Waals surface area (Å²) in [5, 5.41) is 2.70. The summed E-state index contributed by atoms with van der Waals surface area (Å²) in [5.74, 6) is 0. The summed E-state index contributed by atoms with van der Waals surface area (Å²) >= 11 is 0. The van der Waals surface area contributed by atoms with E-state index in [-0.39, 0.29) is 0 Å². The van der Waals surface area contributed by atoms with Crippen molar-refractivity contribution in [1.29, 1.82) is 0 Å². The Balaban J connectivity index is 1.89. The van der Waals surface area contributed by atoms with Crippen molar-refractivity contribution in [1.82, 2.24) is 0 Å². The van der Waals surface area contributed by atoms with Crippen molar-refractivity contribution in [3.63, 3.8) is 0 Å². The first kappa shape index (κ1) is 17.7. The van der Waals surface area contributed by atoms with Gasteiger partial charge < -0.3 is 0 Å². The molecule has 0 N–H and O–H groups in total. The molecule has 0 saturated heterocycles. The van der Waals surface area contributed by atoms with E-state index in [9.17, 15) is 0 Å². The van der Waals surface area contributed by atoms with E-state index in [4.69, 9.17) is 0 Å². The van der Waals surface area contributed by atoms with Gasteiger partial charge in [0.25, 0.3) is 0 Å². The second-order valence-corrected chi connectivity index (χ2v) is 8.41. The maximum Gasteiger partial charge on any atom is 0.0102 e. The van der Waals surface area contributed by atoms with Crippen molar-refractivity contribution in [2.24, 2.45) is 0 Å². The lowest BCUT2D eigenvalue weighted by Gasteiger charge is -2.11. The molecule has 0 unspecified atom stereocenters. The highest BCUT2D eigenvalue weighted by Gasteiger charge is 2.08. The Morgan fingerprint density at radius 3 is 1.11 bits per heavy atom. The van der Waals surface area contributed by atoms with Crippen molar-refractivity contribution in [2.45, 2.75) is 20.8 Å². The summed E-state index contributed by atoms with van der Waals surface area (Å²) in [5.41, 5.74) is 9.02. The molecule has 4 aromatic rings. The summed E-state index contributed by atoms with van der Waals surface area (Å²) in [6.45, 7) is 6.41. The molecular weight excluding hydrogens is 343 g/mol. The van der Waals surface area contributed by atoms with Crippen LogP contribution in [0.2, 0.25) is 0 Å².